The van der Waals surface area contributed by atoms with Crippen molar-refractivity contribution in [2.75, 3.05) is 19.8 Å². The second-order valence-electron chi connectivity index (χ2n) is 3.54. The first-order chi connectivity index (χ1) is 6.08. The molecule has 0 rings (SSSR count). The zero-order chi connectivity index (χ0) is 10.4. The number of hydrogen-bond acceptors (Lipinski definition) is 4. The van der Waals surface area contributed by atoms with Gasteiger partial charge in [-0.15, -0.1) is 0 Å². The van der Waals surface area contributed by atoms with Crippen LogP contribution < -0.4 is 0 Å². The SMILES string of the molecule is C[C@H](CO)N([C@H](C)CO)[C@H](C)CO. The Hall–Kier alpha value is -0.160. The molecular formula is C9H21NO3. The van der Waals surface area contributed by atoms with Gasteiger partial charge in [-0.2, -0.15) is 0 Å². The van der Waals surface area contributed by atoms with Crippen molar-refractivity contribution < 1.29 is 15.3 Å². The first-order valence-corrected chi connectivity index (χ1v) is 4.68. The molecule has 3 atom stereocenters. The lowest BCUT2D eigenvalue weighted by molar-refractivity contribution is 0.0171. The van der Waals surface area contributed by atoms with Crippen LogP contribution in [-0.4, -0.2) is 58.2 Å². The summed E-state index contributed by atoms with van der Waals surface area (Å²) in [6.45, 7) is 5.73. The normalized spacial score (nSPS) is 18.7. The number of nitrogens with zero attached hydrogens (tertiary/aromatic N) is 1. The third-order valence-electron chi connectivity index (χ3n) is 2.32. The molecule has 13 heavy (non-hydrogen) atoms. The van der Waals surface area contributed by atoms with E-state index in [1.807, 2.05) is 25.7 Å². The van der Waals surface area contributed by atoms with E-state index in [1.54, 1.807) is 0 Å². The number of aliphatic hydroxyl groups is 3. The molecule has 0 aliphatic heterocycles. The average Bonchev–Trinajstić information content (AvgIpc) is 2.16. The molecule has 0 aromatic heterocycles. The molecule has 0 saturated carbocycles. The van der Waals surface area contributed by atoms with Crippen molar-refractivity contribution in [2.24, 2.45) is 0 Å². The van der Waals surface area contributed by atoms with Crippen molar-refractivity contribution in [2.45, 2.75) is 38.9 Å². The highest BCUT2D eigenvalue weighted by molar-refractivity contribution is 4.77. The smallest absolute Gasteiger partial charge is 0.0584 e. The Bertz CT molecular complexity index is 108. The Balaban J connectivity index is 4.34. The van der Waals surface area contributed by atoms with Gasteiger partial charge in [-0.3, -0.25) is 4.90 Å². The van der Waals surface area contributed by atoms with E-state index in [9.17, 15) is 0 Å². The minimum atomic E-state index is -0.0377. The van der Waals surface area contributed by atoms with E-state index in [0.717, 1.165) is 0 Å². The summed E-state index contributed by atoms with van der Waals surface area (Å²) in [6, 6.07) is -0.113. The van der Waals surface area contributed by atoms with Crippen LogP contribution in [-0.2, 0) is 0 Å². The summed E-state index contributed by atoms with van der Waals surface area (Å²) in [6.07, 6.45) is 0. The molecule has 0 amide bonds. The van der Waals surface area contributed by atoms with Crippen molar-refractivity contribution in [1.29, 1.82) is 0 Å². The van der Waals surface area contributed by atoms with Crippen LogP contribution >= 0.6 is 0 Å². The maximum Gasteiger partial charge on any atom is 0.0584 e. The Labute approximate surface area is 79.8 Å². The second kappa shape index (κ2) is 6.32. The molecule has 0 aromatic carbocycles. The standard InChI is InChI=1S/C9H21NO3/c1-7(4-11)10(8(2)5-12)9(3)6-13/h7-9,11-13H,4-6H2,1-3H3/t7-,8-,9-/m1/s1. The zero-order valence-electron chi connectivity index (χ0n) is 8.64. The van der Waals surface area contributed by atoms with Crippen LogP contribution in [0.5, 0.6) is 0 Å². The highest BCUT2D eigenvalue weighted by Gasteiger charge is 2.23. The predicted octanol–water partition coefficient (Wildman–Crippen LogP) is -0.569. The fraction of sp³-hybridized carbons (Fsp3) is 1.00. The summed E-state index contributed by atoms with van der Waals surface area (Å²) in [5, 5.41) is 27.0. The summed E-state index contributed by atoms with van der Waals surface area (Å²) in [5.41, 5.74) is 0. The van der Waals surface area contributed by atoms with Gasteiger partial charge in [0.15, 0.2) is 0 Å². The van der Waals surface area contributed by atoms with Crippen LogP contribution in [0.1, 0.15) is 20.8 Å². The van der Waals surface area contributed by atoms with E-state index in [0.29, 0.717) is 0 Å². The number of hydrogen-bond donors (Lipinski definition) is 3. The maximum atomic E-state index is 8.99. The van der Waals surface area contributed by atoms with Gasteiger partial charge in [0, 0.05) is 18.1 Å². The molecule has 0 radical (unpaired) electrons. The van der Waals surface area contributed by atoms with E-state index < -0.39 is 0 Å². The molecule has 0 saturated heterocycles. The van der Waals surface area contributed by atoms with Crippen molar-refractivity contribution in [1.82, 2.24) is 4.90 Å². The fourth-order valence-electron chi connectivity index (χ4n) is 1.59. The van der Waals surface area contributed by atoms with E-state index >= 15 is 0 Å². The van der Waals surface area contributed by atoms with Crippen molar-refractivity contribution >= 4 is 0 Å². The van der Waals surface area contributed by atoms with Crippen LogP contribution in [0, 0.1) is 0 Å². The lowest BCUT2D eigenvalue weighted by Crippen LogP contribution is -2.50. The molecule has 4 heteroatoms. The molecule has 0 spiro atoms. The third kappa shape index (κ3) is 3.60. The lowest BCUT2D eigenvalue weighted by atomic mass is 10.1. The second-order valence-corrected chi connectivity index (χ2v) is 3.54. The summed E-state index contributed by atoms with van der Waals surface area (Å²) >= 11 is 0. The molecule has 0 aliphatic rings. The van der Waals surface area contributed by atoms with Gasteiger partial charge in [-0.25, -0.2) is 0 Å². The zero-order valence-corrected chi connectivity index (χ0v) is 8.64. The highest BCUT2D eigenvalue weighted by atomic mass is 16.3. The fourth-order valence-corrected chi connectivity index (χ4v) is 1.59. The van der Waals surface area contributed by atoms with Gasteiger partial charge in [-0.05, 0) is 20.8 Å². The predicted molar refractivity (Wildman–Crippen MR) is 51.5 cm³/mol. The van der Waals surface area contributed by atoms with Gasteiger partial charge < -0.3 is 15.3 Å². The van der Waals surface area contributed by atoms with Crippen molar-refractivity contribution in [3.8, 4) is 0 Å². The van der Waals surface area contributed by atoms with Crippen LogP contribution in [0.15, 0.2) is 0 Å². The molecule has 3 N–H and O–H groups in total. The van der Waals surface area contributed by atoms with E-state index in [2.05, 4.69) is 0 Å². The van der Waals surface area contributed by atoms with Gasteiger partial charge in [0.1, 0.15) is 0 Å². The monoisotopic (exact) mass is 191 g/mol. The Morgan fingerprint density at radius 2 is 1.00 bits per heavy atom. The Morgan fingerprint density at radius 3 is 1.15 bits per heavy atom. The van der Waals surface area contributed by atoms with E-state index in [4.69, 9.17) is 15.3 Å². The summed E-state index contributed by atoms with van der Waals surface area (Å²) in [5.74, 6) is 0. The highest BCUT2D eigenvalue weighted by Crippen LogP contribution is 2.10. The average molecular weight is 191 g/mol. The van der Waals surface area contributed by atoms with E-state index in [1.165, 1.54) is 0 Å². The van der Waals surface area contributed by atoms with Gasteiger partial charge in [0.25, 0.3) is 0 Å². The molecular weight excluding hydrogens is 170 g/mol. The van der Waals surface area contributed by atoms with Gasteiger partial charge in [0.2, 0.25) is 0 Å². The number of aliphatic hydroxyl groups excluding tert-OH is 3. The Kier molecular flexibility index (Phi) is 6.24. The van der Waals surface area contributed by atoms with Crippen molar-refractivity contribution in [3.63, 3.8) is 0 Å². The summed E-state index contributed by atoms with van der Waals surface area (Å²) < 4.78 is 0. The largest absolute Gasteiger partial charge is 0.395 e. The van der Waals surface area contributed by atoms with Gasteiger partial charge >= 0.3 is 0 Å². The van der Waals surface area contributed by atoms with Gasteiger partial charge in [-0.1, -0.05) is 0 Å². The lowest BCUT2D eigenvalue weighted by Gasteiger charge is -2.36. The third-order valence-corrected chi connectivity index (χ3v) is 2.32. The molecule has 4 nitrogen and oxygen atoms in total. The molecule has 80 valence electrons. The van der Waals surface area contributed by atoms with Gasteiger partial charge in [0.05, 0.1) is 19.8 Å². The van der Waals surface area contributed by atoms with Crippen molar-refractivity contribution in [3.05, 3.63) is 0 Å². The molecule has 0 heterocycles. The molecule has 0 aromatic rings. The van der Waals surface area contributed by atoms with Crippen LogP contribution in [0.3, 0.4) is 0 Å². The van der Waals surface area contributed by atoms with Crippen LogP contribution in [0.25, 0.3) is 0 Å². The Morgan fingerprint density at radius 1 is 0.769 bits per heavy atom. The minimum Gasteiger partial charge on any atom is -0.395 e. The van der Waals surface area contributed by atoms with E-state index in [-0.39, 0.29) is 37.9 Å². The minimum absolute atomic E-state index is 0.0364. The topological polar surface area (TPSA) is 63.9 Å². The summed E-state index contributed by atoms with van der Waals surface area (Å²) in [4.78, 5) is 1.92. The summed E-state index contributed by atoms with van der Waals surface area (Å²) in [7, 11) is 0. The molecule has 0 unspecified atom stereocenters. The molecule has 0 bridgehead atoms. The van der Waals surface area contributed by atoms with Crippen LogP contribution in [0.4, 0.5) is 0 Å². The molecule has 0 fully saturated rings. The van der Waals surface area contributed by atoms with Crippen LogP contribution in [0.2, 0.25) is 0 Å². The number of rotatable bonds is 6. The maximum absolute atomic E-state index is 8.99. The first kappa shape index (κ1) is 12.8. The quantitative estimate of drug-likeness (QED) is 0.526. The first-order valence-electron chi connectivity index (χ1n) is 4.68. The molecule has 0 aliphatic carbocycles.